The lowest BCUT2D eigenvalue weighted by Gasteiger charge is -2.28. The Kier molecular flexibility index (Phi) is 4.63. The third-order valence-electron chi connectivity index (χ3n) is 3.34. The summed E-state index contributed by atoms with van der Waals surface area (Å²) in [5.74, 6) is 0.0127. The minimum absolute atomic E-state index is 0.0127. The topological polar surface area (TPSA) is 65.2 Å². The number of primary amides is 1. The van der Waals surface area contributed by atoms with Gasteiger partial charge in [0.05, 0.1) is 5.69 Å². The quantitative estimate of drug-likeness (QED) is 0.927. The summed E-state index contributed by atoms with van der Waals surface area (Å²) >= 11 is 1.60. The third kappa shape index (κ3) is 4.04. The van der Waals surface area contributed by atoms with Gasteiger partial charge in [0.1, 0.15) is 11.6 Å². The van der Waals surface area contributed by atoms with Crippen molar-refractivity contribution in [2.24, 2.45) is 11.1 Å². The first kappa shape index (κ1) is 15.5. The fraction of sp³-hybridized carbons (Fsp3) is 0.375. The van der Waals surface area contributed by atoms with Crippen LogP contribution in [0.4, 0.5) is 4.79 Å². The molecule has 4 nitrogen and oxygen atoms in total. The molecular weight excluding hydrogens is 284 g/mol. The highest BCUT2D eigenvalue weighted by molar-refractivity contribution is 7.13. The van der Waals surface area contributed by atoms with Gasteiger partial charge >= 0.3 is 6.09 Å². The maximum atomic E-state index is 10.9. The summed E-state index contributed by atoms with van der Waals surface area (Å²) in [6.45, 7) is 6.55. The molecule has 0 bridgehead atoms. The van der Waals surface area contributed by atoms with Gasteiger partial charge in [0.15, 0.2) is 0 Å². The number of nitrogens with zero attached hydrogens (tertiary/aromatic N) is 1. The lowest BCUT2D eigenvalue weighted by atomic mass is 9.79. The highest BCUT2D eigenvalue weighted by Crippen LogP contribution is 2.37. The molecule has 1 heterocycles. The van der Waals surface area contributed by atoms with Gasteiger partial charge in [-0.05, 0) is 5.41 Å². The summed E-state index contributed by atoms with van der Waals surface area (Å²) in [4.78, 5) is 15.6. The van der Waals surface area contributed by atoms with Crippen LogP contribution in [0.1, 0.15) is 32.4 Å². The Labute approximate surface area is 129 Å². The number of benzene rings is 1. The van der Waals surface area contributed by atoms with Crippen LogP contribution in [-0.2, 0) is 4.74 Å². The first-order valence-electron chi connectivity index (χ1n) is 6.81. The Morgan fingerprint density at radius 1 is 1.33 bits per heavy atom. The summed E-state index contributed by atoms with van der Waals surface area (Å²) in [6.07, 6.45) is -0.747. The van der Waals surface area contributed by atoms with E-state index in [4.69, 9.17) is 15.5 Å². The number of aromatic nitrogens is 1. The molecule has 2 aromatic rings. The van der Waals surface area contributed by atoms with Crippen LogP contribution < -0.4 is 5.73 Å². The van der Waals surface area contributed by atoms with E-state index in [0.29, 0.717) is 0 Å². The van der Waals surface area contributed by atoms with E-state index in [9.17, 15) is 4.79 Å². The second kappa shape index (κ2) is 6.26. The van der Waals surface area contributed by atoms with Crippen molar-refractivity contribution in [3.63, 3.8) is 0 Å². The Morgan fingerprint density at radius 2 is 2.00 bits per heavy atom. The van der Waals surface area contributed by atoms with Gasteiger partial charge in [-0.25, -0.2) is 9.78 Å². The van der Waals surface area contributed by atoms with Crippen LogP contribution in [-0.4, -0.2) is 17.7 Å². The Bertz CT molecular complexity index is 602. The summed E-state index contributed by atoms with van der Waals surface area (Å²) in [5.41, 5.74) is 7.04. The molecule has 0 radical (unpaired) electrons. The molecular formula is C16H20N2O2S. The Morgan fingerprint density at radius 3 is 2.57 bits per heavy atom. The molecule has 0 aliphatic carbocycles. The lowest BCUT2D eigenvalue weighted by Crippen LogP contribution is -2.26. The summed E-state index contributed by atoms with van der Waals surface area (Å²) in [6, 6.07) is 10.0. The van der Waals surface area contributed by atoms with Crippen molar-refractivity contribution in [3.05, 3.63) is 41.4 Å². The second-order valence-corrected chi connectivity index (χ2v) is 6.85. The van der Waals surface area contributed by atoms with Gasteiger partial charge < -0.3 is 10.5 Å². The molecule has 0 saturated carbocycles. The minimum atomic E-state index is -0.747. The molecule has 1 unspecified atom stereocenters. The number of hydrogen-bond donors (Lipinski definition) is 1. The smallest absolute Gasteiger partial charge is 0.404 e. The fourth-order valence-electron chi connectivity index (χ4n) is 2.10. The average molecular weight is 304 g/mol. The van der Waals surface area contributed by atoms with Gasteiger partial charge in [0.25, 0.3) is 0 Å². The molecule has 0 spiro atoms. The molecule has 2 rings (SSSR count). The van der Waals surface area contributed by atoms with Crippen molar-refractivity contribution >= 4 is 17.4 Å². The molecule has 1 amide bonds. The van der Waals surface area contributed by atoms with Gasteiger partial charge in [-0.1, -0.05) is 51.1 Å². The predicted molar refractivity (Wildman–Crippen MR) is 85.3 cm³/mol. The third-order valence-corrected chi connectivity index (χ3v) is 4.25. The normalized spacial score (nSPS) is 12.9. The molecule has 21 heavy (non-hydrogen) atoms. The number of thiazole rings is 1. The van der Waals surface area contributed by atoms with Gasteiger partial charge in [0.2, 0.25) is 0 Å². The number of carbonyl (C=O) groups excluding carboxylic acids is 1. The molecule has 0 aliphatic heterocycles. The van der Waals surface area contributed by atoms with E-state index in [0.717, 1.165) is 16.3 Å². The van der Waals surface area contributed by atoms with Crippen molar-refractivity contribution in [1.29, 1.82) is 0 Å². The van der Waals surface area contributed by atoms with E-state index in [2.05, 4.69) is 20.8 Å². The zero-order chi connectivity index (χ0) is 15.5. The van der Waals surface area contributed by atoms with Gasteiger partial charge in [0, 0.05) is 16.9 Å². The molecule has 1 aromatic heterocycles. The summed E-state index contributed by atoms with van der Waals surface area (Å²) < 4.78 is 5.00. The van der Waals surface area contributed by atoms with Crippen molar-refractivity contribution in [2.45, 2.75) is 26.7 Å². The average Bonchev–Trinajstić information content (AvgIpc) is 2.87. The predicted octanol–water partition coefficient (Wildman–Crippen LogP) is 4.04. The summed E-state index contributed by atoms with van der Waals surface area (Å²) in [5, 5.41) is 3.00. The van der Waals surface area contributed by atoms with Gasteiger partial charge in [-0.3, -0.25) is 0 Å². The van der Waals surface area contributed by atoms with Gasteiger partial charge in [-0.15, -0.1) is 11.3 Å². The molecule has 2 N–H and O–H groups in total. The van der Waals surface area contributed by atoms with Crippen LogP contribution in [0.3, 0.4) is 0 Å². The van der Waals surface area contributed by atoms with Crippen molar-refractivity contribution < 1.29 is 9.53 Å². The second-order valence-electron chi connectivity index (χ2n) is 5.99. The molecule has 5 heteroatoms. The summed E-state index contributed by atoms with van der Waals surface area (Å²) in [7, 11) is 0. The Hall–Kier alpha value is -1.88. The van der Waals surface area contributed by atoms with Crippen LogP contribution in [0, 0.1) is 5.41 Å². The first-order chi connectivity index (χ1) is 9.88. The van der Waals surface area contributed by atoms with E-state index in [1.165, 1.54) is 0 Å². The van der Waals surface area contributed by atoms with Crippen LogP contribution >= 0.6 is 11.3 Å². The molecule has 112 valence electrons. The largest absolute Gasteiger partial charge is 0.449 e. The van der Waals surface area contributed by atoms with Crippen molar-refractivity contribution in [2.75, 3.05) is 6.61 Å². The fourth-order valence-corrected chi connectivity index (χ4v) is 2.98. The maximum Gasteiger partial charge on any atom is 0.404 e. The number of nitrogens with two attached hydrogens (primary N) is 1. The highest BCUT2D eigenvalue weighted by Gasteiger charge is 2.29. The lowest BCUT2D eigenvalue weighted by molar-refractivity contribution is 0.125. The number of carbonyl (C=O) groups is 1. The number of amides is 1. The first-order valence-corrected chi connectivity index (χ1v) is 7.69. The Balaban J connectivity index is 2.25. The minimum Gasteiger partial charge on any atom is -0.449 e. The molecule has 0 aliphatic rings. The SMILES string of the molecule is CC(C)(C)C(COC(N)=O)c1csc(-c2ccccc2)n1. The van der Waals surface area contributed by atoms with E-state index < -0.39 is 6.09 Å². The van der Waals surface area contributed by atoms with Crippen LogP contribution in [0.25, 0.3) is 10.6 Å². The molecule has 1 atom stereocenters. The maximum absolute atomic E-state index is 10.9. The number of ether oxygens (including phenoxy) is 1. The molecule has 0 fully saturated rings. The van der Waals surface area contributed by atoms with Crippen molar-refractivity contribution in [3.8, 4) is 10.6 Å². The highest BCUT2D eigenvalue weighted by atomic mass is 32.1. The number of rotatable bonds is 4. The number of hydrogen-bond acceptors (Lipinski definition) is 4. The molecule has 1 aromatic carbocycles. The van der Waals surface area contributed by atoms with Gasteiger partial charge in [-0.2, -0.15) is 0 Å². The monoisotopic (exact) mass is 304 g/mol. The molecule has 0 saturated heterocycles. The van der Waals surface area contributed by atoms with E-state index >= 15 is 0 Å². The standard InChI is InChI=1S/C16H20N2O2S/c1-16(2,3)12(9-20-15(17)19)13-10-21-14(18-13)11-7-5-4-6-8-11/h4-8,10,12H,9H2,1-3H3,(H2,17,19). The van der Waals surface area contributed by atoms with Crippen LogP contribution in [0.15, 0.2) is 35.7 Å². The van der Waals surface area contributed by atoms with Crippen LogP contribution in [0.5, 0.6) is 0 Å². The van der Waals surface area contributed by atoms with Crippen molar-refractivity contribution in [1.82, 2.24) is 4.98 Å². The van der Waals surface area contributed by atoms with Crippen LogP contribution in [0.2, 0.25) is 0 Å². The zero-order valence-corrected chi connectivity index (χ0v) is 13.3. The van der Waals surface area contributed by atoms with E-state index in [-0.39, 0.29) is 17.9 Å². The van der Waals surface area contributed by atoms with E-state index in [1.54, 1.807) is 11.3 Å². The van der Waals surface area contributed by atoms with E-state index in [1.807, 2.05) is 35.7 Å². The zero-order valence-electron chi connectivity index (χ0n) is 12.5.